The highest BCUT2D eigenvalue weighted by Gasteiger charge is 2.31. The second-order valence-electron chi connectivity index (χ2n) is 4.95. The van der Waals surface area contributed by atoms with Crippen molar-refractivity contribution in [2.45, 2.75) is 39.9 Å². The fourth-order valence-corrected chi connectivity index (χ4v) is 2.20. The van der Waals surface area contributed by atoms with Gasteiger partial charge in [0.05, 0.1) is 0 Å². The second-order valence-corrected chi connectivity index (χ2v) is 4.95. The number of rotatable bonds is 7. The topological polar surface area (TPSA) is 15.3 Å². The lowest BCUT2D eigenvalue weighted by molar-refractivity contribution is -0.119. The third-order valence-electron chi connectivity index (χ3n) is 3.00. The van der Waals surface area contributed by atoms with Gasteiger partial charge in [-0.05, 0) is 31.5 Å². The lowest BCUT2D eigenvalue weighted by atomic mass is 10.1. The molecule has 0 atom stereocenters. The zero-order chi connectivity index (χ0) is 15.2. The first-order valence-electron chi connectivity index (χ1n) is 6.99. The van der Waals surface area contributed by atoms with E-state index in [1.165, 1.54) is 4.90 Å². The van der Waals surface area contributed by atoms with Gasteiger partial charge in [0.15, 0.2) is 0 Å². The van der Waals surface area contributed by atoms with Crippen LogP contribution in [0.1, 0.15) is 31.4 Å². The Balaban J connectivity index is 3.04. The van der Waals surface area contributed by atoms with Gasteiger partial charge in [-0.3, -0.25) is 0 Å². The second kappa shape index (κ2) is 7.53. The minimum absolute atomic E-state index is 0.404. The van der Waals surface area contributed by atoms with Crippen LogP contribution in [-0.2, 0) is 6.54 Å². The number of halogens is 3. The molecule has 1 aromatic rings. The van der Waals surface area contributed by atoms with E-state index in [2.05, 4.69) is 5.32 Å². The zero-order valence-electron chi connectivity index (χ0n) is 12.3. The standard InChI is InChI=1S/C15H23F3N2/c1-4-8-20(11-15(16,17)18)14-7-6-12(3)9-13(14)10-19-5-2/h6-7,9,19H,4-5,8,10-11H2,1-3H3. The summed E-state index contributed by atoms with van der Waals surface area (Å²) in [7, 11) is 0. The van der Waals surface area contributed by atoms with Crippen LogP contribution in [0.25, 0.3) is 0 Å². The highest BCUT2D eigenvalue weighted by Crippen LogP contribution is 2.26. The van der Waals surface area contributed by atoms with Crippen LogP contribution in [0, 0.1) is 6.92 Å². The van der Waals surface area contributed by atoms with Crippen molar-refractivity contribution in [2.24, 2.45) is 0 Å². The molecule has 0 amide bonds. The SMILES string of the molecule is CCCN(CC(F)(F)F)c1ccc(C)cc1CNCC. The van der Waals surface area contributed by atoms with Crippen LogP contribution in [0.15, 0.2) is 18.2 Å². The Hall–Kier alpha value is -1.23. The average molecular weight is 288 g/mol. The van der Waals surface area contributed by atoms with Gasteiger partial charge in [0.25, 0.3) is 0 Å². The van der Waals surface area contributed by atoms with Crippen LogP contribution in [0.2, 0.25) is 0 Å². The summed E-state index contributed by atoms with van der Waals surface area (Å²) in [4.78, 5) is 1.42. The normalized spacial score (nSPS) is 11.7. The van der Waals surface area contributed by atoms with Crippen molar-refractivity contribution < 1.29 is 13.2 Å². The van der Waals surface area contributed by atoms with E-state index in [4.69, 9.17) is 0 Å². The third-order valence-corrected chi connectivity index (χ3v) is 3.00. The fourth-order valence-electron chi connectivity index (χ4n) is 2.20. The molecule has 0 aromatic heterocycles. The van der Waals surface area contributed by atoms with E-state index in [1.807, 2.05) is 32.9 Å². The summed E-state index contributed by atoms with van der Waals surface area (Å²) in [6.45, 7) is 6.71. The van der Waals surface area contributed by atoms with Crippen molar-refractivity contribution in [3.05, 3.63) is 29.3 Å². The van der Waals surface area contributed by atoms with Crippen molar-refractivity contribution in [2.75, 3.05) is 24.5 Å². The number of hydrogen-bond acceptors (Lipinski definition) is 2. The van der Waals surface area contributed by atoms with Crippen molar-refractivity contribution in [1.29, 1.82) is 0 Å². The average Bonchev–Trinajstić information content (AvgIpc) is 2.34. The molecule has 0 fully saturated rings. The molecule has 0 aliphatic carbocycles. The van der Waals surface area contributed by atoms with Crippen LogP contribution >= 0.6 is 0 Å². The molecule has 20 heavy (non-hydrogen) atoms. The molecule has 0 radical (unpaired) electrons. The van der Waals surface area contributed by atoms with Gasteiger partial charge < -0.3 is 10.2 Å². The lowest BCUT2D eigenvalue weighted by Crippen LogP contribution is -2.35. The first kappa shape index (κ1) is 16.8. The summed E-state index contributed by atoms with van der Waals surface area (Å²) < 4.78 is 38.2. The molecule has 0 bridgehead atoms. The molecular formula is C15H23F3N2. The minimum Gasteiger partial charge on any atom is -0.362 e. The Morgan fingerprint density at radius 3 is 2.45 bits per heavy atom. The number of anilines is 1. The van der Waals surface area contributed by atoms with Gasteiger partial charge in [-0.2, -0.15) is 13.2 Å². The molecule has 0 aliphatic rings. The van der Waals surface area contributed by atoms with Crippen molar-refractivity contribution in [1.82, 2.24) is 5.32 Å². The molecule has 0 aliphatic heterocycles. The maximum Gasteiger partial charge on any atom is 0.405 e. The maximum absolute atomic E-state index is 12.7. The number of nitrogens with zero attached hydrogens (tertiary/aromatic N) is 1. The van der Waals surface area contributed by atoms with Gasteiger partial charge in [0, 0.05) is 18.8 Å². The van der Waals surface area contributed by atoms with Gasteiger partial charge in [-0.15, -0.1) is 0 Å². The molecule has 0 heterocycles. The van der Waals surface area contributed by atoms with Crippen LogP contribution in [0.3, 0.4) is 0 Å². The molecule has 2 nitrogen and oxygen atoms in total. The van der Waals surface area contributed by atoms with E-state index < -0.39 is 12.7 Å². The summed E-state index contributed by atoms with van der Waals surface area (Å²) in [5, 5.41) is 3.18. The van der Waals surface area contributed by atoms with Gasteiger partial charge in [-0.25, -0.2) is 0 Å². The quantitative estimate of drug-likeness (QED) is 0.819. The fraction of sp³-hybridized carbons (Fsp3) is 0.600. The summed E-state index contributed by atoms with van der Waals surface area (Å²) in [5.41, 5.74) is 2.66. The van der Waals surface area contributed by atoms with Crippen LogP contribution in [-0.4, -0.2) is 25.8 Å². The third kappa shape index (κ3) is 5.41. The Morgan fingerprint density at radius 1 is 1.20 bits per heavy atom. The molecule has 0 spiro atoms. The predicted molar refractivity (Wildman–Crippen MR) is 77.1 cm³/mol. The van der Waals surface area contributed by atoms with Crippen LogP contribution in [0.5, 0.6) is 0 Å². The van der Waals surface area contributed by atoms with Gasteiger partial charge >= 0.3 is 6.18 Å². The summed E-state index contributed by atoms with van der Waals surface area (Å²) in [5.74, 6) is 0. The molecule has 5 heteroatoms. The Kier molecular flexibility index (Phi) is 6.33. The number of aryl methyl sites for hydroxylation is 1. The van der Waals surface area contributed by atoms with E-state index in [9.17, 15) is 13.2 Å². The Morgan fingerprint density at radius 2 is 1.90 bits per heavy atom. The molecule has 0 saturated heterocycles. The molecule has 1 N–H and O–H groups in total. The molecule has 114 valence electrons. The molecule has 0 saturated carbocycles. The molecule has 0 unspecified atom stereocenters. The maximum atomic E-state index is 12.7. The molecule has 1 aromatic carbocycles. The Bertz CT molecular complexity index is 416. The van der Waals surface area contributed by atoms with E-state index in [-0.39, 0.29) is 0 Å². The van der Waals surface area contributed by atoms with Gasteiger partial charge in [0.1, 0.15) is 6.54 Å². The number of alkyl halides is 3. The monoisotopic (exact) mass is 288 g/mol. The first-order chi connectivity index (χ1) is 9.37. The van der Waals surface area contributed by atoms with Crippen molar-refractivity contribution in [3.8, 4) is 0 Å². The smallest absolute Gasteiger partial charge is 0.362 e. The molecular weight excluding hydrogens is 265 g/mol. The van der Waals surface area contributed by atoms with Crippen molar-refractivity contribution >= 4 is 5.69 Å². The van der Waals surface area contributed by atoms with E-state index in [0.29, 0.717) is 25.2 Å². The minimum atomic E-state index is -4.19. The predicted octanol–water partition coefficient (Wildman–Crippen LogP) is 3.88. The lowest BCUT2D eigenvalue weighted by Gasteiger charge is -2.28. The van der Waals surface area contributed by atoms with E-state index in [0.717, 1.165) is 17.7 Å². The van der Waals surface area contributed by atoms with Crippen LogP contribution in [0.4, 0.5) is 18.9 Å². The highest BCUT2D eigenvalue weighted by molar-refractivity contribution is 5.55. The first-order valence-corrected chi connectivity index (χ1v) is 6.99. The summed E-state index contributed by atoms with van der Waals surface area (Å²) in [6.07, 6.45) is -3.50. The number of hydrogen-bond donors (Lipinski definition) is 1. The van der Waals surface area contributed by atoms with Gasteiger partial charge in [-0.1, -0.05) is 31.5 Å². The highest BCUT2D eigenvalue weighted by atomic mass is 19.4. The number of nitrogens with one attached hydrogen (secondary N) is 1. The van der Waals surface area contributed by atoms with Gasteiger partial charge in [0.2, 0.25) is 0 Å². The van der Waals surface area contributed by atoms with E-state index in [1.54, 1.807) is 6.07 Å². The Labute approximate surface area is 119 Å². The van der Waals surface area contributed by atoms with Crippen LogP contribution < -0.4 is 10.2 Å². The summed E-state index contributed by atoms with van der Waals surface area (Å²) in [6, 6.07) is 5.62. The number of benzene rings is 1. The summed E-state index contributed by atoms with van der Waals surface area (Å²) >= 11 is 0. The zero-order valence-corrected chi connectivity index (χ0v) is 12.3. The van der Waals surface area contributed by atoms with E-state index >= 15 is 0 Å². The largest absolute Gasteiger partial charge is 0.405 e. The molecule has 1 rings (SSSR count). The van der Waals surface area contributed by atoms with Crippen molar-refractivity contribution in [3.63, 3.8) is 0 Å².